The molecule has 4 aromatic carbocycles. The highest BCUT2D eigenvalue weighted by Gasteiger charge is 2.35. The van der Waals surface area contributed by atoms with E-state index in [0.717, 1.165) is 16.8 Å². The molecule has 144 valence electrons. The molecule has 5 rings (SSSR count). The van der Waals surface area contributed by atoms with Crippen LogP contribution in [0.5, 0.6) is 0 Å². The van der Waals surface area contributed by atoms with E-state index in [4.69, 9.17) is 0 Å². The third kappa shape index (κ3) is 2.93. The summed E-state index contributed by atoms with van der Waals surface area (Å²) < 4.78 is 0. The predicted molar refractivity (Wildman–Crippen MR) is 122 cm³/mol. The molecular weight excluding hydrogens is 390 g/mol. The molecule has 0 radical (unpaired) electrons. The van der Waals surface area contributed by atoms with Gasteiger partial charge in [-0.15, -0.1) is 12.6 Å². The van der Waals surface area contributed by atoms with Crippen molar-refractivity contribution in [1.82, 2.24) is 0 Å². The number of benzene rings is 4. The topological polar surface area (TPSA) is 46.2 Å². The average molecular weight is 407 g/mol. The van der Waals surface area contributed by atoms with Crippen molar-refractivity contribution in [3.8, 4) is 11.1 Å². The van der Waals surface area contributed by atoms with Crippen molar-refractivity contribution in [2.24, 2.45) is 0 Å². The summed E-state index contributed by atoms with van der Waals surface area (Å²) in [6.45, 7) is 0. The molecule has 0 saturated carbocycles. The lowest BCUT2D eigenvalue weighted by atomic mass is 9.79. The maximum atomic E-state index is 13.8. The summed E-state index contributed by atoms with van der Waals surface area (Å²) in [5.41, 5.74) is 4.67. The molecule has 0 heterocycles. The van der Waals surface area contributed by atoms with Crippen LogP contribution in [-0.2, 0) is 0 Å². The number of ketones is 2. The van der Waals surface area contributed by atoms with Gasteiger partial charge in [-0.05, 0) is 35.4 Å². The second kappa shape index (κ2) is 7.32. The van der Waals surface area contributed by atoms with E-state index in [1.165, 1.54) is 0 Å². The van der Waals surface area contributed by atoms with E-state index < -0.39 is 0 Å². The minimum atomic E-state index is -0.181. The van der Waals surface area contributed by atoms with Crippen molar-refractivity contribution in [3.63, 3.8) is 0 Å². The van der Waals surface area contributed by atoms with E-state index >= 15 is 0 Å². The van der Waals surface area contributed by atoms with Crippen LogP contribution in [0.2, 0.25) is 0 Å². The SMILES string of the molecule is O=C1c2cccc(-c3ccccc3)c2C(=O)c2c(Nc3ccccc3)ccc(S)c21. The molecule has 1 aliphatic carbocycles. The highest BCUT2D eigenvalue weighted by Crippen LogP contribution is 2.40. The monoisotopic (exact) mass is 407 g/mol. The van der Waals surface area contributed by atoms with Crippen LogP contribution in [0.15, 0.2) is 95.9 Å². The summed E-state index contributed by atoms with van der Waals surface area (Å²) in [5, 5.41) is 3.29. The van der Waals surface area contributed by atoms with Gasteiger partial charge in [-0.25, -0.2) is 0 Å². The van der Waals surface area contributed by atoms with Gasteiger partial charge in [0.25, 0.3) is 0 Å². The van der Waals surface area contributed by atoms with Crippen LogP contribution >= 0.6 is 12.6 Å². The number of nitrogens with one attached hydrogen (secondary N) is 1. The smallest absolute Gasteiger partial charge is 0.197 e. The zero-order valence-corrected chi connectivity index (χ0v) is 16.8. The number of rotatable bonds is 3. The second-order valence-corrected chi connectivity index (χ2v) is 7.61. The van der Waals surface area contributed by atoms with Crippen molar-refractivity contribution in [3.05, 3.63) is 113 Å². The van der Waals surface area contributed by atoms with Crippen LogP contribution in [0.3, 0.4) is 0 Å². The van der Waals surface area contributed by atoms with Crippen molar-refractivity contribution >= 4 is 35.6 Å². The van der Waals surface area contributed by atoms with Crippen LogP contribution in [0, 0.1) is 0 Å². The molecule has 0 saturated heterocycles. The lowest BCUT2D eigenvalue weighted by molar-refractivity contribution is 0.0978. The largest absolute Gasteiger partial charge is 0.355 e. The van der Waals surface area contributed by atoms with Crippen molar-refractivity contribution < 1.29 is 9.59 Å². The Morgan fingerprint density at radius 1 is 0.567 bits per heavy atom. The van der Waals surface area contributed by atoms with Crippen molar-refractivity contribution in [2.75, 3.05) is 5.32 Å². The molecule has 4 aromatic rings. The summed E-state index contributed by atoms with van der Waals surface area (Å²) in [4.78, 5) is 27.7. The fourth-order valence-corrected chi connectivity index (χ4v) is 4.23. The fourth-order valence-electron chi connectivity index (χ4n) is 3.94. The van der Waals surface area contributed by atoms with Crippen molar-refractivity contribution in [1.29, 1.82) is 0 Å². The first-order chi connectivity index (χ1) is 14.6. The van der Waals surface area contributed by atoms with Crippen LogP contribution in [0.1, 0.15) is 31.8 Å². The highest BCUT2D eigenvalue weighted by molar-refractivity contribution is 7.80. The van der Waals surface area contributed by atoms with Gasteiger partial charge in [-0.3, -0.25) is 9.59 Å². The molecule has 4 heteroatoms. The molecule has 0 amide bonds. The molecule has 0 aliphatic heterocycles. The van der Waals surface area contributed by atoms with E-state index in [1.807, 2.05) is 72.8 Å². The van der Waals surface area contributed by atoms with Gasteiger partial charge in [-0.2, -0.15) is 0 Å². The Morgan fingerprint density at radius 2 is 1.23 bits per heavy atom. The Hall–Kier alpha value is -3.63. The molecule has 30 heavy (non-hydrogen) atoms. The normalized spacial score (nSPS) is 12.3. The Labute approximate surface area is 179 Å². The Balaban J connectivity index is 1.73. The number of thiol groups is 1. The molecule has 3 nitrogen and oxygen atoms in total. The molecule has 0 spiro atoms. The van der Waals surface area contributed by atoms with Gasteiger partial charge in [0.2, 0.25) is 0 Å². The van der Waals surface area contributed by atoms with Gasteiger partial charge < -0.3 is 5.32 Å². The minimum absolute atomic E-state index is 0.173. The lowest BCUT2D eigenvalue weighted by Gasteiger charge is -2.24. The molecule has 0 atom stereocenters. The zero-order chi connectivity index (χ0) is 20.7. The Kier molecular flexibility index (Phi) is 4.49. The third-order valence-corrected chi connectivity index (χ3v) is 5.68. The number of carbonyl (C=O) groups is 2. The first-order valence-electron chi connectivity index (χ1n) is 9.61. The van der Waals surface area contributed by atoms with Gasteiger partial charge >= 0.3 is 0 Å². The predicted octanol–water partition coefficient (Wildman–Crippen LogP) is 6.16. The van der Waals surface area contributed by atoms with Gasteiger partial charge in [0, 0.05) is 27.3 Å². The van der Waals surface area contributed by atoms with E-state index in [0.29, 0.717) is 32.8 Å². The van der Waals surface area contributed by atoms with Crippen LogP contribution in [-0.4, -0.2) is 11.6 Å². The number of anilines is 2. The summed E-state index contributed by atoms with van der Waals surface area (Å²) >= 11 is 4.50. The molecule has 0 bridgehead atoms. The number of hydrogen-bond acceptors (Lipinski definition) is 4. The highest BCUT2D eigenvalue weighted by atomic mass is 32.1. The molecule has 1 aliphatic rings. The van der Waals surface area contributed by atoms with Gasteiger partial charge in [-0.1, -0.05) is 66.7 Å². The molecule has 0 aromatic heterocycles. The summed E-state index contributed by atoms with van der Waals surface area (Å²) in [5.74, 6) is -0.354. The van der Waals surface area contributed by atoms with Gasteiger partial charge in [0.1, 0.15) is 0 Å². The minimum Gasteiger partial charge on any atom is -0.355 e. The number of para-hydroxylation sites is 1. The average Bonchev–Trinajstić information content (AvgIpc) is 2.79. The van der Waals surface area contributed by atoms with Gasteiger partial charge in [0.15, 0.2) is 11.6 Å². The third-order valence-electron chi connectivity index (χ3n) is 5.31. The van der Waals surface area contributed by atoms with E-state index in [-0.39, 0.29) is 11.6 Å². The first kappa shape index (κ1) is 18.4. The quantitative estimate of drug-likeness (QED) is 0.352. The summed E-state index contributed by atoms with van der Waals surface area (Å²) in [6.07, 6.45) is 0. The molecule has 0 fully saturated rings. The molecule has 0 unspecified atom stereocenters. The van der Waals surface area contributed by atoms with Gasteiger partial charge in [0.05, 0.1) is 11.3 Å². The zero-order valence-electron chi connectivity index (χ0n) is 15.9. The number of hydrogen-bond donors (Lipinski definition) is 2. The van der Waals surface area contributed by atoms with Crippen LogP contribution in [0.25, 0.3) is 11.1 Å². The van der Waals surface area contributed by atoms with Crippen LogP contribution in [0.4, 0.5) is 11.4 Å². The maximum absolute atomic E-state index is 13.8. The fraction of sp³-hybridized carbons (Fsp3) is 0. The maximum Gasteiger partial charge on any atom is 0.197 e. The first-order valence-corrected chi connectivity index (χ1v) is 10.1. The standard InChI is InChI=1S/C26H17NO2S/c28-25-19-13-7-12-18(16-8-3-1-4-9-16)22(19)26(29)23-20(14-15-21(30)24(23)25)27-17-10-5-2-6-11-17/h1-15,27,30H. The van der Waals surface area contributed by atoms with Crippen LogP contribution < -0.4 is 5.32 Å². The Morgan fingerprint density at radius 3 is 1.97 bits per heavy atom. The molecule has 1 N–H and O–H groups in total. The lowest BCUT2D eigenvalue weighted by Crippen LogP contribution is -2.23. The van der Waals surface area contributed by atoms with E-state index in [2.05, 4.69) is 17.9 Å². The summed E-state index contributed by atoms with van der Waals surface area (Å²) in [7, 11) is 0. The Bertz CT molecular complexity index is 1300. The van der Waals surface area contributed by atoms with E-state index in [1.54, 1.807) is 18.2 Å². The number of fused-ring (bicyclic) bond motifs is 2. The van der Waals surface area contributed by atoms with Crippen molar-refractivity contribution in [2.45, 2.75) is 4.90 Å². The number of carbonyl (C=O) groups excluding carboxylic acids is 2. The molecular formula is C26H17NO2S. The second-order valence-electron chi connectivity index (χ2n) is 7.13. The van der Waals surface area contributed by atoms with E-state index in [9.17, 15) is 9.59 Å². The summed E-state index contributed by atoms with van der Waals surface area (Å²) in [6, 6.07) is 28.2.